The van der Waals surface area contributed by atoms with Crippen LogP contribution in [0.15, 0.2) is 30.7 Å². The molecule has 1 aromatic heterocycles. The molecule has 19 heavy (non-hydrogen) atoms. The van der Waals surface area contributed by atoms with Crippen LogP contribution in [0.25, 0.3) is 0 Å². The Bertz CT molecular complexity index is 632. The molecule has 0 bridgehead atoms. The molecule has 0 fully saturated rings. The Hall–Kier alpha value is -2.30. The van der Waals surface area contributed by atoms with Gasteiger partial charge in [-0.1, -0.05) is 6.07 Å². The Labute approximate surface area is 111 Å². The maximum absolute atomic E-state index is 12.3. The third kappa shape index (κ3) is 2.19. The zero-order valence-electron chi connectivity index (χ0n) is 10.8. The predicted octanol–water partition coefficient (Wildman–Crippen LogP) is 1.20. The SMILES string of the molecule is Cn1cnc(C(=O)N2CCc3ccc(N)cc3C2)c1. The molecule has 0 saturated heterocycles. The summed E-state index contributed by atoms with van der Waals surface area (Å²) in [5, 5.41) is 0. The minimum atomic E-state index is -0.0197. The number of anilines is 1. The Morgan fingerprint density at radius 3 is 2.95 bits per heavy atom. The summed E-state index contributed by atoms with van der Waals surface area (Å²) in [5.41, 5.74) is 9.45. The van der Waals surface area contributed by atoms with E-state index >= 15 is 0 Å². The van der Waals surface area contributed by atoms with Crippen molar-refractivity contribution in [3.05, 3.63) is 47.5 Å². The summed E-state index contributed by atoms with van der Waals surface area (Å²) in [7, 11) is 1.86. The second kappa shape index (κ2) is 4.42. The van der Waals surface area contributed by atoms with E-state index < -0.39 is 0 Å². The van der Waals surface area contributed by atoms with Gasteiger partial charge in [-0.15, -0.1) is 0 Å². The number of carbonyl (C=O) groups excluding carboxylic acids is 1. The van der Waals surface area contributed by atoms with Gasteiger partial charge < -0.3 is 15.2 Å². The minimum absolute atomic E-state index is 0.0197. The van der Waals surface area contributed by atoms with Gasteiger partial charge in [-0.2, -0.15) is 0 Å². The van der Waals surface area contributed by atoms with Crippen LogP contribution in [0.4, 0.5) is 5.69 Å². The van der Waals surface area contributed by atoms with Crippen molar-refractivity contribution in [2.24, 2.45) is 7.05 Å². The number of rotatable bonds is 1. The summed E-state index contributed by atoms with van der Waals surface area (Å²) in [5.74, 6) is -0.0197. The van der Waals surface area contributed by atoms with Crippen LogP contribution in [0.3, 0.4) is 0 Å². The third-order valence-electron chi connectivity index (χ3n) is 3.45. The van der Waals surface area contributed by atoms with Gasteiger partial charge in [-0.05, 0) is 29.7 Å². The number of benzene rings is 1. The van der Waals surface area contributed by atoms with Crippen molar-refractivity contribution in [3.63, 3.8) is 0 Å². The normalized spacial score (nSPS) is 14.3. The van der Waals surface area contributed by atoms with Crippen molar-refractivity contribution in [1.82, 2.24) is 14.5 Å². The van der Waals surface area contributed by atoms with Crippen LogP contribution in [0.2, 0.25) is 0 Å². The molecule has 1 aromatic carbocycles. The van der Waals surface area contributed by atoms with Gasteiger partial charge in [-0.3, -0.25) is 4.79 Å². The lowest BCUT2D eigenvalue weighted by molar-refractivity contribution is 0.0729. The first kappa shape index (κ1) is 11.8. The highest BCUT2D eigenvalue weighted by Crippen LogP contribution is 2.22. The van der Waals surface area contributed by atoms with Gasteiger partial charge in [0.25, 0.3) is 5.91 Å². The number of nitrogens with two attached hydrogens (primary N) is 1. The average molecular weight is 256 g/mol. The number of imidazole rings is 1. The molecule has 5 nitrogen and oxygen atoms in total. The molecule has 0 atom stereocenters. The van der Waals surface area contributed by atoms with Gasteiger partial charge in [0.2, 0.25) is 0 Å². The molecule has 0 spiro atoms. The lowest BCUT2D eigenvalue weighted by Gasteiger charge is -2.28. The average Bonchev–Trinajstić information content (AvgIpc) is 2.83. The minimum Gasteiger partial charge on any atom is -0.399 e. The lowest BCUT2D eigenvalue weighted by atomic mass is 9.99. The molecule has 1 amide bonds. The number of aryl methyl sites for hydroxylation is 1. The molecule has 2 heterocycles. The van der Waals surface area contributed by atoms with E-state index in [-0.39, 0.29) is 5.91 Å². The molecule has 0 saturated carbocycles. The molecule has 5 heteroatoms. The van der Waals surface area contributed by atoms with Crippen molar-refractivity contribution in [1.29, 1.82) is 0 Å². The molecule has 2 N–H and O–H groups in total. The van der Waals surface area contributed by atoms with Crippen LogP contribution >= 0.6 is 0 Å². The van der Waals surface area contributed by atoms with Crippen LogP contribution in [0.1, 0.15) is 21.6 Å². The molecule has 1 aliphatic rings. The number of fused-ring (bicyclic) bond motifs is 1. The Kier molecular flexibility index (Phi) is 2.74. The first-order chi connectivity index (χ1) is 9.13. The zero-order valence-corrected chi connectivity index (χ0v) is 10.8. The summed E-state index contributed by atoms with van der Waals surface area (Å²) in [4.78, 5) is 18.3. The molecule has 0 unspecified atom stereocenters. The number of aromatic nitrogens is 2. The highest BCUT2D eigenvalue weighted by Gasteiger charge is 2.23. The summed E-state index contributed by atoms with van der Waals surface area (Å²) >= 11 is 0. The zero-order chi connectivity index (χ0) is 13.4. The number of hydrogen-bond acceptors (Lipinski definition) is 3. The molecule has 0 radical (unpaired) electrons. The summed E-state index contributed by atoms with van der Waals surface area (Å²) in [6.07, 6.45) is 4.26. The fraction of sp³-hybridized carbons (Fsp3) is 0.286. The van der Waals surface area contributed by atoms with Gasteiger partial charge in [-0.25, -0.2) is 4.98 Å². The molecule has 2 aromatic rings. The van der Waals surface area contributed by atoms with Crippen LogP contribution < -0.4 is 5.73 Å². The topological polar surface area (TPSA) is 64.2 Å². The van der Waals surface area contributed by atoms with Crippen molar-refractivity contribution in [3.8, 4) is 0 Å². The molecule has 1 aliphatic heterocycles. The number of carbonyl (C=O) groups is 1. The molecule has 3 rings (SSSR count). The summed E-state index contributed by atoms with van der Waals surface area (Å²) in [6.45, 7) is 1.34. The van der Waals surface area contributed by atoms with Crippen molar-refractivity contribution in [2.75, 3.05) is 12.3 Å². The van der Waals surface area contributed by atoms with Crippen LogP contribution in [0, 0.1) is 0 Å². The van der Waals surface area contributed by atoms with E-state index in [1.54, 1.807) is 17.1 Å². The molecular formula is C14H16N4O. The van der Waals surface area contributed by atoms with Crippen molar-refractivity contribution >= 4 is 11.6 Å². The van der Waals surface area contributed by atoms with Gasteiger partial charge >= 0.3 is 0 Å². The standard InChI is InChI=1S/C14H16N4O/c1-17-8-13(16-9-17)14(19)18-5-4-10-2-3-12(15)6-11(10)7-18/h2-3,6,8-9H,4-5,7,15H2,1H3. The maximum Gasteiger partial charge on any atom is 0.274 e. The van der Waals surface area contributed by atoms with E-state index in [2.05, 4.69) is 4.98 Å². The van der Waals surface area contributed by atoms with E-state index in [1.165, 1.54) is 5.56 Å². The molecule has 98 valence electrons. The monoisotopic (exact) mass is 256 g/mol. The van der Waals surface area contributed by atoms with Crippen molar-refractivity contribution < 1.29 is 4.79 Å². The fourth-order valence-electron chi connectivity index (χ4n) is 2.44. The third-order valence-corrected chi connectivity index (χ3v) is 3.45. The number of nitrogen functional groups attached to an aromatic ring is 1. The molecule has 0 aliphatic carbocycles. The van der Waals surface area contributed by atoms with Crippen LogP contribution in [-0.4, -0.2) is 26.9 Å². The van der Waals surface area contributed by atoms with E-state index in [4.69, 9.17) is 5.73 Å². The Balaban J connectivity index is 1.83. The largest absolute Gasteiger partial charge is 0.399 e. The van der Waals surface area contributed by atoms with E-state index in [1.807, 2.05) is 30.1 Å². The fourth-order valence-corrected chi connectivity index (χ4v) is 2.44. The second-order valence-corrected chi connectivity index (χ2v) is 4.93. The molecular weight excluding hydrogens is 240 g/mol. The summed E-state index contributed by atoms with van der Waals surface area (Å²) < 4.78 is 1.78. The van der Waals surface area contributed by atoms with E-state index in [0.717, 1.165) is 24.2 Å². The maximum atomic E-state index is 12.3. The smallest absolute Gasteiger partial charge is 0.274 e. The van der Waals surface area contributed by atoms with E-state index in [0.29, 0.717) is 12.2 Å². The van der Waals surface area contributed by atoms with Crippen molar-refractivity contribution in [2.45, 2.75) is 13.0 Å². The van der Waals surface area contributed by atoms with Gasteiger partial charge in [0, 0.05) is 32.0 Å². The predicted molar refractivity (Wildman–Crippen MR) is 72.5 cm³/mol. The number of amides is 1. The van der Waals surface area contributed by atoms with E-state index in [9.17, 15) is 4.79 Å². The lowest BCUT2D eigenvalue weighted by Crippen LogP contribution is -2.36. The Morgan fingerprint density at radius 1 is 1.37 bits per heavy atom. The highest BCUT2D eigenvalue weighted by atomic mass is 16.2. The van der Waals surface area contributed by atoms with Gasteiger partial charge in [0.15, 0.2) is 0 Å². The quantitative estimate of drug-likeness (QED) is 0.780. The Morgan fingerprint density at radius 2 is 2.21 bits per heavy atom. The number of hydrogen-bond donors (Lipinski definition) is 1. The first-order valence-corrected chi connectivity index (χ1v) is 6.28. The summed E-state index contributed by atoms with van der Waals surface area (Å²) in [6, 6.07) is 5.91. The highest BCUT2D eigenvalue weighted by molar-refractivity contribution is 5.92. The number of nitrogens with zero attached hydrogens (tertiary/aromatic N) is 3. The first-order valence-electron chi connectivity index (χ1n) is 6.28. The van der Waals surface area contributed by atoms with Crippen LogP contribution in [-0.2, 0) is 20.0 Å². The second-order valence-electron chi connectivity index (χ2n) is 4.93. The van der Waals surface area contributed by atoms with Gasteiger partial charge in [0.05, 0.1) is 6.33 Å². The van der Waals surface area contributed by atoms with Gasteiger partial charge in [0.1, 0.15) is 5.69 Å². The van der Waals surface area contributed by atoms with Crippen LogP contribution in [0.5, 0.6) is 0 Å².